The van der Waals surface area contributed by atoms with Gasteiger partial charge in [-0.2, -0.15) is 0 Å². The summed E-state index contributed by atoms with van der Waals surface area (Å²) in [6.45, 7) is 8.91. The van der Waals surface area contributed by atoms with Crippen molar-refractivity contribution in [2.75, 3.05) is 18.5 Å². The lowest BCUT2D eigenvalue weighted by Gasteiger charge is -2.18. The van der Waals surface area contributed by atoms with Crippen LogP contribution in [0.4, 0.5) is 6.01 Å². The number of nitrogens with zero attached hydrogens (tertiary/aromatic N) is 3. The van der Waals surface area contributed by atoms with E-state index in [1.807, 2.05) is 6.92 Å². The van der Waals surface area contributed by atoms with Crippen molar-refractivity contribution in [1.82, 2.24) is 15.2 Å². The zero-order valence-corrected chi connectivity index (χ0v) is 15.6. The molecule has 0 aliphatic carbocycles. The van der Waals surface area contributed by atoms with Gasteiger partial charge in [-0.1, -0.05) is 50.1 Å². The third-order valence-electron chi connectivity index (χ3n) is 3.80. The van der Waals surface area contributed by atoms with Crippen LogP contribution in [0.25, 0.3) is 21.3 Å². The number of rotatable bonds is 5. The Kier molecular flexibility index (Phi) is 4.87. The van der Waals surface area contributed by atoms with Gasteiger partial charge in [0.2, 0.25) is 0 Å². The predicted octanol–water partition coefficient (Wildman–Crippen LogP) is 3.87. The topological polar surface area (TPSA) is 84.1 Å². The van der Waals surface area contributed by atoms with E-state index in [9.17, 15) is 0 Å². The molecule has 132 valence electrons. The summed E-state index contributed by atoms with van der Waals surface area (Å²) in [5, 5.41) is 20.6. The minimum Gasteiger partial charge on any atom is -0.402 e. The van der Waals surface area contributed by atoms with Crippen molar-refractivity contribution >= 4 is 17.4 Å². The van der Waals surface area contributed by atoms with Crippen LogP contribution in [0, 0.1) is 6.92 Å². The summed E-state index contributed by atoms with van der Waals surface area (Å²) in [7, 11) is 0. The van der Waals surface area contributed by atoms with E-state index in [4.69, 9.17) is 9.52 Å². The van der Waals surface area contributed by atoms with Crippen LogP contribution in [0.1, 0.15) is 32.0 Å². The lowest BCUT2D eigenvalue weighted by atomic mass is 9.87. The molecule has 2 N–H and O–H groups in total. The fraction of sp³-hybridized carbons (Fsp3) is 0.389. The van der Waals surface area contributed by atoms with Gasteiger partial charge in [-0.25, -0.2) is 4.98 Å². The molecule has 25 heavy (non-hydrogen) atoms. The second-order valence-electron chi connectivity index (χ2n) is 6.82. The van der Waals surface area contributed by atoms with Gasteiger partial charge in [0.15, 0.2) is 0 Å². The summed E-state index contributed by atoms with van der Waals surface area (Å²) in [4.78, 5) is 5.51. The molecule has 1 aromatic carbocycles. The number of hydrogen-bond donors (Lipinski definition) is 2. The van der Waals surface area contributed by atoms with Gasteiger partial charge in [0, 0.05) is 12.1 Å². The average Bonchev–Trinajstić information content (AvgIpc) is 3.18. The molecule has 3 rings (SSSR count). The van der Waals surface area contributed by atoms with Crippen molar-refractivity contribution in [3.63, 3.8) is 0 Å². The number of benzene rings is 1. The zero-order chi connectivity index (χ0) is 18.0. The van der Waals surface area contributed by atoms with Crippen LogP contribution in [0.15, 0.2) is 28.7 Å². The number of hydrogen-bond acceptors (Lipinski definition) is 7. The molecule has 0 fully saturated rings. The maximum Gasteiger partial charge on any atom is 0.315 e. The van der Waals surface area contributed by atoms with E-state index in [0.717, 1.165) is 21.1 Å². The maximum atomic E-state index is 8.83. The van der Waals surface area contributed by atoms with E-state index in [2.05, 4.69) is 65.5 Å². The van der Waals surface area contributed by atoms with Crippen molar-refractivity contribution in [2.24, 2.45) is 0 Å². The Labute approximate surface area is 151 Å². The molecule has 0 aliphatic heterocycles. The molecule has 0 aliphatic rings. The molecular weight excluding hydrogens is 336 g/mol. The second-order valence-corrected chi connectivity index (χ2v) is 7.82. The summed E-state index contributed by atoms with van der Waals surface area (Å²) < 4.78 is 5.59. The normalized spacial score (nSPS) is 11.7. The van der Waals surface area contributed by atoms with Crippen LogP contribution < -0.4 is 5.32 Å². The van der Waals surface area contributed by atoms with Gasteiger partial charge in [0.05, 0.1) is 12.3 Å². The Morgan fingerprint density at radius 2 is 1.88 bits per heavy atom. The zero-order valence-electron chi connectivity index (χ0n) is 14.8. The highest BCUT2D eigenvalue weighted by molar-refractivity contribution is 7.18. The number of aromatic nitrogens is 3. The molecule has 0 unspecified atom stereocenters. The molecule has 0 radical (unpaired) electrons. The first-order chi connectivity index (χ1) is 11.9. The molecule has 0 saturated heterocycles. The molecule has 0 amide bonds. The van der Waals surface area contributed by atoms with E-state index < -0.39 is 0 Å². The van der Waals surface area contributed by atoms with Gasteiger partial charge < -0.3 is 14.8 Å². The largest absolute Gasteiger partial charge is 0.402 e. The quantitative estimate of drug-likeness (QED) is 0.720. The van der Waals surface area contributed by atoms with Gasteiger partial charge in [0.25, 0.3) is 5.89 Å². The average molecular weight is 358 g/mol. The number of aryl methyl sites for hydroxylation is 1. The van der Waals surface area contributed by atoms with Crippen LogP contribution in [-0.4, -0.2) is 33.4 Å². The molecule has 2 aromatic heterocycles. The van der Waals surface area contributed by atoms with E-state index >= 15 is 0 Å². The molecular formula is C18H22N4O2S. The van der Waals surface area contributed by atoms with Crippen molar-refractivity contribution in [3.8, 4) is 21.3 Å². The molecule has 0 spiro atoms. The lowest BCUT2D eigenvalue weighted by Crippen LogP contribution is -2.10. The van der Waals surface area contributed by atoms with Crippen LogP contribution in [-0.2, 0) is 5.41 Å². The Bertz CT molecular complexity index is 847. The second kappa shape index (κ2) is 6.93. The van der Waals surface area contributed by atoms with Gasteiger partial charge in [-0.3, -0.25) is 0 Å². The number of nitrogens with one attached hydrogen (secondary N) is 1. The van der Waals surface area contributed by atoms with Crippen LogP contribution in [0.5, 0.6) is 0 Å². The van der Waals surface area contributed by atoms with E-state index in [1.165, 1.54) is 16.9 Å². The van der Waals surface area contributed by atoms with Crippen molar-refractivity contribution in [1.29, 1.82) is 0 Å². The Morgan fingerprint density at radius 1 is 1.16 bits per heavy atom. The third-order valence-corrected chi connectivity index (χ3v) is 5.00. The lowest BCUT2D eigenvalue weighted by molar-refractivity contribution is 0.309. The highest BCUT2D eigenvalue weighted by Gasteiger charge is 2.18. The van der Waals surface area contributed by atoms with E-state index in [1.54, 1.807) is 0 Å². The summed E-state index contributed by atoms with van der Waals surface area (Å²) in [5.74, 6) is 0.438. The van der Waals surface area contributed by atoms with Crippen LogP contribution in [0.2, 0.25) is 0 Å². The number of thiazole rings is 1. The van der Waals surface area contributed by atoms with E-state index in [-0.39, 0.29) is 12.0 Å². The van der Waals surface area contributed by atoms with Crippen molar-refractivity contribution < 1.29 is 9.52 Å². The van der Waals surface area contributed by atoms with Gasteiger partial charge in [-0.15, -0.1) is 16.4 Å². The SMILES string of the molecule is Cc1nc(-c2ccc(C(C)(C)C)cc2)sc1-c1nnc(NCCO)o1. The summed E-state index contributed by atoms with van der Waals surface area (Å²) in [5.41, 5.74) is 3.36. The first kappa shape index (κ1) is 17.6. The molecule has 0 saturated carbocycles. The number of anilines is 1. The standard InChI is InChI=1S/C18H22N4O2S/c1-11-14(15-21-22-17(24-15)19-9-10-23)25-16(20-11)12-5-7-13(8-6-12)18(2,3)4/h5-8,23H,9-10H2,1-4H3,(H,19,22). The summed E-state index contributed by atoms with van der Waals surface area (Å²) in [6.07, 6.45) is 0. The Morgan fingerprint density at radius 3 is 2.52 bits per heavy atom. The van der Waals surface area contributed by atoms with Crippen molar-refractivity contribution in [3.05, 3.63) is 35.5 Å². The Balaban J connectivity index is 1.86. The first-order valence-electron chi connectivity index (χ1n) is 8.15. The fourth-order valence-electron chi connectivity index (χ4n) is 2.38. The molecule has 0 bridgehead atoms. The van der Waals surface area contributed by atoms with Gasteiger partial charge in [0.1, 0.15) is 9.88 Å². The molecule has 0 atom stereocenters. The minimum absolute atomic E-state index is 0.00596. The molecule has 7 heteroatoms. The molecule has 3 aromatic rings. The molecule has 6 nitrogen and oxygen atoms in total. The highest BCUT2D eigenvalue weighted by atomic mass is 32.1. The minimum atomic E-state index is 0.00596. The van der Waals surface area contributed by atoms with Crippen LogP contribution >= 0.6 is 11.3 Å². The fourth-order valence-corrected chi connectivity index (χ4v) is 3.37. The molecule has 2 heterocycles. The monoisotopic (exact) mass is 358 g/mol. The van der Waals surface area contributed by atoms with Crippen LogP contribution in [0.3, 0.4) is 0 Å². The maximum absolute atomic E-state index is 8.83. The number of aliphatic hydroxyl groups is 1. The first-order valence-corrected chi connectivity index (χ1v) is 8.97. The highest BCUT2D eigenvalue weighted by Crippen LogP contribution is 2.35. The van der Waals surface area contributed by atoms with Gasteiger partial charge >= 0.3 is 6.01 Å². The summed E-state index contributed by atoms with van der Waals surface area (Å²) >= 11 is 1.53. The third kappa shape index (κ3) is 3.88. The smallest absolute Gasteiger partial charge is 0.315 e. The predicted molar refractivity (Wildman–Crippen MR) is 99.9 cm³/mol. The van der Waals surface area contributed by atoms with Crippen molar-refractivity contribution in [2.45, 2.75) is 33.1 Å². The Hall–Kier alpha value is -2.25. The number of aliphatic hydroxyl groups excluding tert-OH is 1. The van der Waals surface area contributed by atoms with E-state index in [0.29, 0.717) is 18.5 Å². The summed E-state index contributed by atoms with van der Waals surface area (Å²) in [6, 6.07) is 8.80. The van der Waals surface area contributed by atoms with Gasteiger partial charge in [-0.05, 0) is 17.9 Å².